The molecule has 8 heteroatoms. The Balaban J connectivity index is 2.04. The normalized spacial score (nSPS) is 11.6. The van der Waals surface area contributed by atoms with E-state index in [0.717, 1.165) is 5.56 Å². The molecule has 0 aliphatic rings. The summed E-state index contributed by atoms with van der Waals surface area (Å²) in [4.78, 5) is 5.83. The molecule has 2 heterocycles. The first-order valence-corrected chi connectivity index (χ1v) is 8.37. The van der Waals surface area contributed by atoms with Crippen molar-refractivity contribution in [3.63, 3.8) is 0 Å². The van der Waals surface area contributed by atoms with E-state index in [2.05, 4.69) is 15.2 Å². The van der Waals surface area contributed by atoms with Gasteiger partial charge >= 0.3 is 0 Å². The molecular weight excluding hydrogens is 355 g/mol. The predicted octanol–water partition coefficient (Wildman–Crippen LogP) is 4.44. The first-order valence-electron chi connectivity index (χ1n) is 8.37. The summed E-state index contributed by atoms with van der Waals surface area (Å²) in [6, 6.07) is 11.4. The summed E-state index contributed by atoms with van der Waals surface area (Å²) in [5, 5.41) is 8.43. The van der Waals surface area contributed by atoms with Gasteiger partial charge in [-0.05, 0) is 49.7 Å². The molecule has 0 fully saturated rings. The molecule has 0 radical (unpaired) electrons. The number of rotatable bonds is 4. The second-order valence-corrected chi connectivity index (χ2v) is 6.32. The third kappa shape index (κ3) is 3.07. The van der Waals surface area contributed by atoms with Crippen LogP contribution in [0.5, 0.6) is 0 Å². The van der Waals surface area contributed by atoms with E-state index in [9.17, 15) is 13.2 Å². The molecule has 0 atom stereocenters. The van der Waals surface area contributed by atoms with Gasteiger partial charge in [0.05, 0.1) is 12.1 Å². The third-order valence-corrected chi connectivity index (χ3v) is 4.34. The molecule has 0 saturated heterocycles. The molecule has 0 aliphatic heterocycles. The molecule has 2 aromatic heterocycles. The van der Waals surface area contributed by atoms with E-state index in [-0.39, 0.29) is 11.6 Å². The Bertz CT molecular complexity index is 1140. The SMILES string of the molecule is Cc1cccc(N(CC(F)F)c2nc3nnc(C)n3c3ccc(F)cc23)c1. The van der Waals surface area contributed by atoms with E-state index in [1.165, 1.54) is 17.0 Å². The minimum atomic E-state index is -2.60. The molecule has 138 valence electrons. The lowest BCUT2D eigenvalue weighted by atomic mass is 10.1. The Morgan fingerprint density at radius 2 is 1.89 bits per heavy atom. The van der Waals surface area contributed by atoms with Gasteiger partial charge in [0, 0.05) is 11.1 Å². The van der Waals surface area contributed by atoms with Gasteiger partial charge in [0.25, 0.3) is 12.2 Å². The quantitative estimate of drug-likeness (QED) is 0.532. The van der Waals surface area contributed by atoms with Gasteiger partial charge in [0.2, 0.25) is 0 Å². The van der Waals surface area contributed by atoms with E-state index < -0.39 is 18.8 Å². The lowest BCUT2D eigenvalue weighted by molar-refractivity contribution is 0.158. The van der Waals surface area contributed by atoms with Gasteiger partial charge < -0.3 is 4.90 Å². The maximum atomic E-state index is 14.0. The minimum Gasteiger partial charge on any atom is -0.320 e. The number of fused-ring (bicyclic) bond motifs is 3. The van der Waals surface area contributed by atoms with Crippen LogP contribution in [0.15, 0.2) is 42.5 Å². The molecule has 4 rings (SSSR count). The Morgan fingerprint density at radius 3 is 2.63 bits per heavy atom. The van der Waals surface area contributed by atoms with Crippen molar-refractivity contribution in [1.82, 2.24) is 19.6 Å². The molecule has 0 amide bonds. The summed E-state index contributed by atoms with van der Waals surface area (Å²) in [5.41, 5.74) is 2.07. The van der Waals surface area contributed by atoms with E-state index >= 15 is 0 Å². The van der Waals surface area contributed by atoms with Gasteiger partial charge in [-0.1, -0.05) is 12.1 Å². The Hall–Kier alpha value is -3.16. The number of nitrogens with zero attached hydrogens (tertiary/aromatic N) is 5. The third-order valence-electron chi connectivity index (χ3n) is 4.34. The summed E-state index contributed by atoms with van der Waals surface area (Å²) >= 11 is 0. The monoisotopic (exact) mass is 371 g/mol. The average Bonchev–Trinajstić information content (AvgIpc) is 3.00. The highest BCUT2D eigenvalue weighted by atomic mass is 19.3. The number of benzene rings is 2. The van der Waals surface area contributed by atoms with Crippen molar-refractivity contribution in [2.45, 2.75) is 20.3 Å². The number of aryl methyl sites for hydroxylation is 2. The highest BCUT2D eigenvalue weighted by Crippen LogP contribution is 2.33. The van der Waals surface area contributed by atoms with Crippen LogP contribution in [0.3, 0.4) is 0 Å². The molecule has 4 aromatic rings. The van der Waals surface area contributed by atoms with Gasteiger partial charge in [-0.3, -0.25) is 4.40 Å². The van der Waals surface area contributed by atoms with Crippen LogP contribution < -0.4 is 4.90 Å². The second kappa shape index (κ2) is 6.53. The van der Waals surface area contributed by atoms with Crippen LogP contribution in [0.1, 0.15) is 11.4 Å². The molecule has 0 aliphatic carbocycles. The zero-order valence-corrected chi connectivity index (χ0v) is 14.7. The molecular formula is C19H16F3N5. The number of hydrogen-bond acceptors (Lipinski definition) is 4. The van der Waals surface area contributed by atoms with Crippen molar-refractivity contribution in [3.8, 4) is 0 Å². The Labute approximate surface area is 153 Å². The summed E-state index contributed by atoms with van der Waals surface area (Å²) in [7, 11) is 0. The van der Waals surface area contributed by atoms with Crippen molar-refractivity contribution in [2.75, 3.05) is 11.4 Å². The number of halogens is 3. The maximum Gasteiger partial charge on any atom is 0.257 e. The van der Waals surface area contributed by atoms with Crippen molar-refractivity contribution in [2.24, 2.45) is 0 Å². The van der Waals surface area contributed by atoms with Gasteiger partial charge in [0.1, 0.15) is 17.5 Å². The summed E-state index contributed by atoms with van der Waals surface area (Å²) in [6.07, 6.45) is -2.60. The van der Waals surface area contributed by atoms with E-state index in [1.54, 1.807) is 35.6 Å². The van der Waals surface area contributed by atoms with Crippen LogP contribution in [0.2, 0.25) is 0 Å². The van der Waals surface area contributed by atoms with E-state index in [0.29, 0.717) is 22.4 Å². The zero-order valence-electron chi connectivity index (χ0n) is 14.7. The lowest BCUT2D eigenvalue weighted by Gasteiger charge is -2.25. The summed E-state index contributed by atoms with van der Waals surface area (Å²) in [5.74, 6) is 0.595. The topological polar surface area (TPSA) is 46.3 Å². The van der Waals surface area contributed by atoms with Crippen LogP contribution in [0, 0.1) is 19.7 Å². The highest BCUT2D eigenvalue weighted by molar-refractivity contribution is 5.93. The van der Waals surface area contributed by atoms with Crippen molar-refractivity contribution >= 4 is 28.2 Å². The number of aromatic nitrogens is 4. The minimum absolute atomic E-state index is 0.218. The fourth-order valence-electron chi connectivity index (χ4n) is 3.20. The molecule has 27 heavy (non-hydrogen) atoms. The van der Waals surface area contributed by atoms with Gasteiger partial charge in [0.15, 0.2) is 0 Å². The van der Waals surface area contributed by atoms with Crippen LogP contribution in [0.4, 0.5) is 24.7 Å². The smallest absolute Gasteiger partial charge is 0.257 e. The Kier molecular flexibility index (Phi) is 4.18. The molecule has 5 nitrogen and oxygen atoms in total. The van der Waals surface area contributed by atoms with Crippen molar-refractivity contribution in [1.29, 1.82) is 0 Å². The predicted molar refractivity (Wildman–Crippen MR) is 97.2 cm³/mol. The number of hydrogen-bond donors (Lipinski definition) is 0. The summed E-state index contributed by atoms with van der Waals surface area (Å²) < 4.78 is 42.4. The Morgan fingerprint density at radius 1 is 1.07 bits per heavy atom. The first-order chi connectivity index (χ1) is 12.9. The zero-order chi connectivity index (χ0) is 19.1. The molecule has 0 bridgehead atoms. The van der Waals surface area contributed by atoms with Crippen LogP contribution in [-0.2, 0) is 0 Å². The standard InChI is InChI=1S/C19H16F3N5/c1-11-4-3-5-14(8-11)26(10-17(21)22)18-15-9-13(20)6-7-16(15)27-12(2)24-25-19(27)23-18/h3-9,17H,10H2,1-2H3. The average molecular weight is 371 g/mol. The van der Waals surface area contributed by atoms with Crippen molar-refractivity contribution < 1.29 is 13.2 Å². The van der Waals surface area contributed by atoms with Crippen LogP contribution in [-0.4, -0.2) is 32.6 Å². The molecule has 0 saturated carbocycles. The van der Waals surface area contributed by atoms with Gasteiger partial charge in [-0.25, -0.2) is 13.2 Å². The largest absolute Gasteiger partial charge is 0.320 e. The molecule has 2 aromatic carbocycles. The molecule has 0 N–H and O–H groups in total. The van der Waals surface area contributed by atoms with Gasteiger partial charge in [-0.2, -0.15) is 4.98 Å². The number of alkyl halides is 2. The highest BCUT2D eigenvalue weighted by Gasteiger charge is 2.22. The number of anilines is 2. The van der Waals surface area contributed by atoms with E-state index in [4.69, 9.17) is 0 Å². The summed E-state index contributed by atoms with van der Waals surface area (Å²) in [6.45, 7) is 3.05. The van der Waals surface area contributed by atoms with E-state index in [1.807, 2.05) is 13.0 Å². The fraction of sp³-hybridized carbons (Fsp3) is 0.211. The fourth-order valence-corrected chi connectivity index (χ4v) is 3.20. The second-order valence-electron chi connectivity index (χ2n) is 6.32. The molecule has 0 unspecified atom stereocenters. The van der Waals surface area contributed by atoms with Gasteiger partial charge in [-0.15, -0.1) is 10.2 Å². The van der Waals surface area contributed by atoms with Crippen molar-refractivity contribution in [3.05, 3.63) is 59.7 Å². The lowest BCUT2D eigenvalue weighted by Crippen LogP contribution is -2.25. The van der Waals surface area contributed by atoms with Crippen LogP contribution >= 0.6 is 0 Å². The first kappa shape index (κ1) is 17.3. The van der Waals surface area contributed by atoms with Crippen LogP contribution in [0.25, 0.3) is 16.7 Å². The molecule has 0 spiro atoms. The maximum absolute atomic E-state index is 14.0.